The molecular formula is C8H4Cl2FNO4. The van der Waals surface area contributed by atoms with E-state index in [1.165, 1.54) is 6.92 Å². The summed E-state index contributed by atoms with van der Waals surface area (Å²) in [4.78, 5) is 20.1. The normalized spacial score (nSPS) is 10.2. The Morgan fingerprint density at radius 2 is 1.94 bits per heavy atom. The third-order valence-electron chi connectivity index (χ3n) is 1.91. The van der Waals surface area contributed by atoms with Crippen molar-refractivity contribution in [3.8, 4) is 0 Å². The Morgan fingerprint density at radius 3 is 2.31 bits per heavy atom. The van der Waals surface area contributed by atoms with Crippen molar-refractivity contribution >= 4 is 34.9 Å². The molecule has 0 aliphatic rings. The van der Waals surface area contributed by atoms with Gasteiger partial charge >= 0.3 is 11.7 Å². The maximum absolute atomic E-state index is 13.4. The van der Waals surface area contributed by atoms with Gasteiger partial charge in [0, 0.05) is 0 Å². The second-order valence-corrected chi connectivity index (χ2v) is 3.61. The largest absolute Gasteiger partial charge is 0.477 e. The van der Waals surface area contributed by atoms with Crippen LogP contribution in [0, 0.1) is 22.9 Å². The third kappa shape index (κ3) is 1.81. The molecule has 1 aromatic rings. The topological polar surface area (TPSA) is 80.4 Å². The minimum absolute atomic E-state index is 0.0520. The number of aromatic carboxylic acids is 1. The van der Waals surface area contributed by atoms with E-state index < -0.39 is 38.0 Å². The number of nitro groups is 1. The number of carbonyl (C=O) groups is 1. The number of halogens is 3. The highest BCUT2D eigenvalue weighted by atomic mass is 35.5. The summed E-state index contributed by atoms with van der Waals surface area (Å²) >= 11 is 11.0. The predicted molar refractivity (Wildman–Crippen MR) is 54.8 cm³/mol. The predicted octanol–water partition coefficient (Wildman–Crippen LogP) is 3.05. The first-order chi connectivity index (χ1) is 7.29. The maximum atomic E-state index is 13.4. The van der Waals surface area contributed by atoms with E-state index in [2.05, 4.69) is 0 Å². The van der Waals surface area contributed by atoms with E-state index in [0.717, 1.165) is 0 Å². The highest BCUT2D eigenvalue weighted by molar-refractivity contribution is 6.38. The molecule has 0 radical (unpaired) electrons. The molecule has 1 N–H and O–H groups in total. The van der Waals surface area contributed by atoms with Gasteiger partial charge in [-0.3, -0.25) is 10.1 Å². The molecule has 1 aromatic carbocycles. The summed E-state index contributed by atoms with van der Waals surface area (Å²) in [5, 5.41) is 18.3. The molecule has 0 unspecified atom stereocenters. The number of benzene rings is 1. The zero-order valence-corrected chi connectivity index (χ0v) is 9.26. The van der Waals surface area contributed by atoms with Crippen molar-refractivity contribution in [2.24, 2.45) is 0 Å². The first-order valence-electron chi connectivity index (χ1n) is 3.83. The number of carboxylic acid groups (broad SMARTS) is 1. The molecule has 0 heterocycles. The van der Waals surface area contributed by atoms with Crippen LogP contribution >= 0.6 is 23.2 Å². The standard InChI is InChI=1S/C8H4Cl2FNO4/c1-2-4(9)3(8(13)14)7(12(15)16)6(11)5(2)10/h1H3,(H,13,14). The van der Waals surface area contributed by atoms with Crippen LogP contribution < -0.4 is 0 Å². The minimum atomic E-state index is -1.68. The average molecular weight is 268 g/mol. The Kier molecular flexibility index (Phi) is 3.35. The van der Waals surface area contributed by atoms with Gasteiger partial charge in [0.25, 0.3) is 0 Å². The van der Waals surface area contributed by atoms with Crippen LogP contribution in [0.3, 0.4) is 0 Å². The van der Waals surface area contributed by atoms with Gasteiger partial charge < -0.3 is 5.11 Å². The third-order valence-corrected chi connectivity index (χ3v) is 2.83. The van der Waals surface area contributed by atoms with Gasteiger partial charge in [-0.05, 0) is 12.5 Å². The lowest BCUT2D eigenvalue weighted by atomic mass is 10.1. The smallest absolute Gasteiger partial charge is 0.344 e. The Labute approximate surface area is 98.5 Å². The molecule has 86 valence electrons. The van der Waals surface area contributed by atoms with Crippen molar-refractivity contribution < 1.29 is 19.2 Å². The molecule has 0 saturated heterocycles. The van der Waals surface area contributed by atoms with E-state index >= 15 is 0 Å². The lowest BCUT2D eigenvalue weighted by Gasteiger charge is -2.07. The lowest BCUT2D eigenvalue weighted by Crippen LogP contribution is -2.08. The van der Waals surface area contributed by atoms with E-state index in [9.17, 15) is 19.3 Å². The van der Waals surface area contributed by atoms with Crippen LogP contribution in [0.5, 0.6) is 0 Å². The molecule has 1 rings (SSSR count). The summed E-state index contributed by atoms with van der Waals surface area (Å²) in [6.45, 7) is 1.27. The van der Waals surface area contributed by atoms with Crippen molar-refractivity contribution in [2.45, 2.75) is 6.92 Å². The van der Waals surface area contributed by atoms with Crippen molar-refractivity contribution in [2.75, 3.05) is 0 Å². The highest BCUT2D eigenvalue weighted by Gasteiger charge is 2.32. The summed E-state index contributed by atoms with van der Waals surface area (Å²) in [6, 6.07) is 0. The average Bonchev–Trinajstić information content (AvgIpc) is 2.18. The molecule has 0 saturated carbocycles. The molecule has 0 aliphatic heterocycles. The molecule has 0 amide bonds. The lowest BCUT2D eigenvalue weighted by molar-refractivity contribution is -0.387. The van der Waals surface area contributed by atoms with Crippen LogP contribution in [-0.4, -0.2) is 16.0 Å². The van der Waals surface area contributed by atoms with Crippen LogP contribution in [-0.2, 0) is 0 Å². The van der Waals surface area contributed by atoms with Gasteiger partial charge in [0.2, 0.25) is 5.82 Å². The Balaban J connectivity index is 3.83. The van der Waals surface area contributed by atoms with Crippen LogP contribution in [0.4, 0.5) is 10.1 Å². The number of hydrogen-bond acceptors (Lipinski definition) is 3. The zero-order chi connectivity index (χ0) is 12.6. The maximum Gasteiger partial charge on any atom is 0.344 e. The molecule has 8 heteroatoms. The summed E-state index contributed by atoms with van der Waals surface area (Å²) < 4.78 is 13.4. The Hall–Kier alpha value is -1.40. The first-order valence-corrected chi connectivity index (χ1v) is 4.59. The monoisotopic (exact) mass is 267 g/mol. The van der Waals surface area contributed by atoms with E-state index in [1.54, 1.807) is 0 Å². The molecule has 0 spiro atoms. The van der Waals surface area contributed by atoms with Crippen LogP contribution in [0.25, 0.3) is 0 Å². The van der Waals surface area contributed by atoms with Gasteiger partial charge in [-0.2, -0.15) is 4.39 Å². The van der Waals surface area contributed by atoms with Gasteiger partial charge in [0.1, 0.15) is 0 Å². The van der Waals surface area contributed by atoms with Crippen LogP contribution in [0.15, 0.2) is 0 Å². The Morgan fingerprint density at radius 1 is 1.44 bits per heavy atom. The fourth-order valence-corrected chi connectivity index (χ4v) is 1.63. The number of rotatable bonds is 2. The molecule has 0 atom stereocenters. The van der Waals surface area contributed by atoms with E-state index in [-0.39, 0.29) is 5.56 Å². The second kappa shape index (κ2) is 4.23. The van der Waals surface area contributed by atoms with Crippen molar-refractivity contribution in [3.63, 3.8) is 0 Å². The SMILES string of the molecule is Cc1c(Cl)c(F)c([N+](=O)[O-])c(C(=O)O)c1Cl. The number of nitrogens with zero attached hydrogens (tertiary/aromatic N) is 1. The number of carboxylic acids is 1. The molecule has 16 heavy (non-hydrogen) atoms. The van der Waals surface area contributed by atoms with Gasteiger partial charge in [-0.25, -0.2) is 4.79 Å². The van der Waals surface area contributed by atoms with Crippen molar-refractivity contribution in [1.82, 2.24) is 0 Å². The molecule has 0 bridgehead atoms. The molecule has 0 aromatic heterocycles. The van der Waals surface area contributed by atoms with Crippen molar-refractivity contribution in [1.29, 1.82) is 0 Å². The molecule has 0 aliphatic carbocycles. The quantitative estimate of drug-likeness (QED) is 0.507. The van der Waals surface area contributed by atoms with Gasteiger partial charge in [-0.1, -0.05) is 23.2 Å². The summed E-state index contributed by atoms with van der Waals surface area (Å²) in [5.74, 6) is -3.08. The molecule has 0 fully saturated rings. The van der Waals surface area contributed by atoms with E-state index in [4.69, 9.17) is 28.3 Å². The van der Waals surface area contributed by atoms with E-state index in [1.807, 2.05) is 0 Å². The fourth-order valence-electron chi connectivity index (χ4n) is 1.13. The van der Waals surface area contributed by atoms with E-state index in [0.29, 0.717) is 0 Å². The minimum Gasteiger partial charge on any atom is -0.477 e. The molecule has 5 nitrogen and oxygen atoms in total. The van der Waals surface area contributed by atoms with Crippen LogP contribution in [0.2, 0.25) is 10.0 Å². The van der Waals surface area contributed by atoms with Crippen LogP contribution in [0.1, 0.15) is 15.9 Å². The number of nitro benzene ring substituents is 1. The fraction of sp³-hybridized carbons (Fsp3) is 0.125. The Bertz CT molecular complexity index is 459. The summed E-state index contributed by atoms with van der Waals surface area (Å²) in [7, 11) is 0. The summed E-state index contributed by atoms with van der Waals surface area (Å²) in [5.41, 5.74) is -2.18. The van der Waals surface area contributed by atoms with Gasteiger partial charge in [-0.15, -0.1) is 0 Å². The number of hydrogen-bond donors (Lipinski definition) is 1. The van der Waals surface area contributed by atoms with Gasteiger partial charge in [0.15, 0.2) is 5.56 Å². The van der Waals surface area contributed by atoms with Gasteiger partial charge in [0.05, 0.1) is 15.0 Å². The van der Waals surface area contributed by atoms with Crippen molar-refractivity contribution in [3.05, 3.63) is 37.1 Å². The molecular weight excluding hydrogens is 264 g/mol. The summed E-state index contributed by atoms with van der Waals surface area (Å²) in [6.07, 6.45) is 0. The zero-order valence-electron chi connectivity index (χ0n) is 7.75. The second-order valence-electron chi connectivity index (χ2n) is 2.85. The highest BCUT2D eigenvalue weighted by Crippen LogP contribution is 2.37. The first kappa shape index (κ1) is 12.7.